The van der Waals surface area contributed by atoms with Gasteiger partial charge in [-0.25, -0.2) is 4.39 Å². The SMILES string of the molecule is CC1CC(CN)CN1Cc1ccc(F)c2cccnc12. The second-order valence-electron chi connectivity index (χ2n) is 5.72. The average molecular weight is 273 g/mol. The maximum atomic E-state index is 13.8. The van der Waals surface area contributed by atoms with Gasteiger partial charge >= 0.3 is 0 Å². The monoisotopic (exact) mass is 273 g/mol. The summed E-state index contributed by atoms with van der Waals surface area (Å²) in [4.78, 5) is 6.77. The number of nitrogens with two attached hydrogens (primary N) is 1. The fourth-order valence-corrected chi connectivity index (χ4v) is 3.15. The molecule has 0 spiro atoms. The molecule has 2 heterocycles. The van der Waals surface area contributed by atoms with E-state index in [4.69, 9.17) is 5.73 Å². The Labute approximate surface area is 118 Å². The molecule has 1 aromatic heterocycles. The molecule has 0 radical (unpaired) electrons. The zero-order chi connectivity index (χ0) is 14.1. The summed E-state index contributed by atoms with van der Waals surface area (Å²) < 4.78 is 13.8. The number of pyridine rings is 1. The van der Waals surface area contributed by atoms with Crippen molar-refractivity contribution in [2.75, 3.05) is 13.1 Å². The summed E-state index contributed by atoms with van der Waals surface area (Å²) in [5.74, 6) is 0.371. The maximum absolute atomic E-state index is 13.8. The normalized spacial score (nSPS) is 23.6. The first kappa shape index (κ1) is 13.5. The fraction of sp³-hybridized carbons (Fsp3) is 0.438. The van der Waals surface area contributed by atoms with E-state index >= 15 is 0 Å². The number of aromatic nitrogens is 1. The van der Waals surface area contributed by atoms with E-state index in [1.807, 2.05) is 6.07 Å². The molecule has 1 aliphatic heterocycles. The first-order valence-electron chi connectivity index (χ1n) is 7.15. The Balaban J connectivity index is 1.90. The van der Waals surface area contributed by atoms with Crippen molar-refractivity contribution in [1.82, 2.24) is 9.88 Å². The zero-order valence-corrected chi connectivity index (χ0v) is 11.7. The Morgan fingerprint density at radius 2 is 2.25 bits per heavy atom. The quantitative estimate of drug-likeness (QED) is 0.934. The van der Waals surface area contributed by atoms with E-state index < -0.39 is 0 Å². The summed E-state index contributed by atoms with van der Waals surface area (Å²) >= 11 is 0. The minimum absolute atomic E-state index is 0.203. The first-order chi connectivity index (χ1) is 9.69. The smallest absolute Gasteiger partial charge is 0.132 e. The molecule has 2 N–H and O–H groups in total. The average Bonchev–Trinajstić information content (AvgIpc) is 2.83. The molecule has 2 aromatic rings. The van der Waals surface area contributed by atoms with Gasteiger partial charge < -0.3 is 5.73 Å². The number of halogens is 1. The van der Waals surface area contributed by atoms with Crippen LogP contribution in [-0.4, -0.2) is 29.0 Å². The summed E-state index contributed by atoms with van der Waals surface area (Å²) in [5, 5.41) is 0.604. The number of benzene rings is 1. The van der Waals surface area contributed by atoms with Gasteiger partial charge in [-0.05, 0) is 49.6 Å². The van der Waals surface area contributed by atoms with Gasteiger partial charge in [0.1, 0.15) is 5.82 Å². The molecule has 0 saturated carbocycles. The van der Waals surface area contributed by atoms with Crippen molar-refractivity contribution in [1.29, 1.82) is 0 Å². The molecule has 3 nitrogen and oxygen atoms in total. The molecule has 3 rings (SSSR count). The molecule has 2 atom stereocenters. The van der Waals surface area contributed by atoms with Gasteiger partial charge in [-0.2, -0.15) is 0 Å². The van der Waals surface area contributed by atoms with Gasteiger partial charge in [-0.1, -0.05) is 6.07 Å². The largest absolute Gasteiger partial charge is 0.330 e. The molecule has 2 unspecified atom stereocenters. The lowest BCUT2D eigenvalue weighted by Crippen LogP contribution is -2.27. The van der Waals surface area contributed by atoms with Gasteiger partial charge in [0, 0.05) is 30.7 Å². The summed E-state index contributed by atoms with van der Waals surface area (Å²) in [5.41, 5.74) is 7.64. The summed E-state index contributed by atoms with van der Waals surface area (Å²) in [6, 6.07) is 7.48. The van der Waals surface area contributed by atoms with Crippen molar-refractivity contribution in [3.63, 3.8) is 0 Å². The molecular formula is C16H20FN3. The van der Waals surface area contributed by atoms with Crippen LogP contribution in [0.3, 0.4) is 0 Å². The highest BCUT2D eigenvalue weighted by Crippen LogP contribution is 2.27. The van der Waals surface area contributed by atoms with Crippen molar-refractivity contribution >= 4 is 10.9 Å². The lowest BCUT2D eigenvalue weighted by Gasteiger charge is -2.21. The van der Waals surface area contributed by atoms with Crippen molar-refractivity contribution in [3.8, 4) is 0 Å². The molecule has 0 bridgehead atoms. The highest BCUT2D eigenvalue weighted by molar-refractivity contribution is 5.82. The molecule has 1 saturated heterocycles. The Kier molecular flexibility index (Phi) is 3.68. The molecule has 20 heavy (non-hydrogen) atoms. The van der Waals surface area contributed by atoms with Crippen LogP contribution in [0.5, 0.6) is 0 Å². The number of rotatable bonds is 3. The van der Waals surface area contributed by atoms with Gasteiger partial charge in [0.2, 0.25) is 0 Å². The van der Waals surface area contributed by atoms with E-state index in [0.29, 0.717) is 17.3 Å². The Morgan fingerprint density at radius 3 is 3.00 bits per heavy atom. The molecule has 0 aliphatic carbocycles. The van der Waals surface area contributed by atoms with Crippen LogP contribution in [0.4, 0.5) is 4.39 Å². The minimum atomic E-state index is -0.203. The van der Waals surface area contributed by atoms with Crippen LogP contribution >= 0.6 is 0 Å². The third-order valence-electron chi connectivity index (χ3n) is 4.30. The van der Waals surface area contributed by atoms with Crippen LogP contribution in [0.1, 0.15) is 18.9 Å². The van der Waals surface area contributed by atoms with Gasteiger partial charge in [-0.3, -0.25) is 9.88 Å². The third-order valence-corrected chi connectivity index (χ3v) is 4.30. The summed E-state index contributed by atoms with van der Waals surface area (Å²) in [6.45, 7) is 4.80. The van der Waals surface area contributed by atoms with Crippen molar-refractivity contribution in [2.45, 2.75) is 25.9 Å². The number of fused-ring (bicyclic) bond motifs is 1. The van der Waals surface area contributed by atoms with Gasteiger partial charge in [0.05, 0.1) is 5.52 Å². The van der Waals surface area contributed by atoms with E-state index in [0.717, 1.165) is 37.1 Å². The van der Waals surface area contributed by atoms with E-state index in [2.05, 4.69) is 16.8 Å². The van der Waals surface area contributed by atoms with E-state index in [1.54, 1.807) is 24.4 Å². The zero-order valence-electron chi connectivity index (χ0n) is 11.7. The molecular weight excluding hydrogens is 253 g/mol. The van der Waals surface area contributed by atoms with Crippen LogP contribution in [0.25, 0.3) is 10.9 Å². The predicted molar refractivity (Wildman–Crippen MR) is 78.7 cm³/mol. The van der Waals surface area contributed by atoms with Crippen LogP contribution < -0.4 is 5.73 Å². The van der Waals surface area contributed by atoms with Crippen LogP contribution in [0.15, 0.2) is 30.5 Å². The summed E-state index contributed by atoms with van der Waals surface area (Å²) in [6.07, 6.45) is 2.87. The van der Waals surface area contributed by atoms with Crippen molar-refractivity contribution < 1.29 is 4.39 Å². The van der Waals surface area contributed by atoms with E-state index in [9.17, 15) is 4.39 Å². The highest BCUT2D eigenvalue weighted by atomic mass is 19.1. The molecule has 0 amide bonds. The van der Waals surface area contributed by atoms with E-state index in [-0.39, 0.29) is 5.82 Å². The Hall–Kier alpha value is -1.52. The predicted octanol–water partition coefficient (Wildman–Crippen LogP) is 2.54. The molecule has 1 fully saturated rings. The van der Waals surface area contributed by atoms with Crippen LogP contribution in [0.2, 0.25) is 0 Å². The Morgan fingerprint density at radius 1 is 1.40 bits per heavy atom. The van der Waals surface area contributed by atoms with Gasteiger partial charge in [-0.15, -0.1) is 0 Å². The lowest BCUT2D eigenvalue weighted by atomic mass is 10.1. The third kappa shape index (κ3) is 2.41. The second-order valence-corrected chi connectivity index (χ2v) is 5.72. The molecule has 4 heteroatoms. The topological polar surface area (TPSA) is 42.1 Å². The number of hydrogen-bond acceptors (Lipinski definition) is 3. The lowest BCUT2D eigenvalue weighted by molar-refractivity contribution is 0.256. The molecule has 1 aromatic carbocycles. The minimum Gasteiger partial charge on any atom is -0.330 e. The molecule has 1 aliphatic rings. The van der Waals surface area contributed by atoms with Gasteiger partial charge in [0.15, 0.2) is 0 Å². The number of hydrogen-bond donors (Lipinski definition) is 1. The van der Waals surface area contributed by atoms with E-state index in [1.165, 1.54) is 0 Å². The Bertz CT molecular complexity index is 614. The second kappa shape index (κ2) is 5.46. The maximum Gasteiger partial charge on any atom is 0.132 e. The number of likely N-dealkylation sites (tertiary alicyclic amines) is 1. The molecule has 106 valence electrons. The highest BCUT2D eigenvalue weighted by Gasteiger charge is 2.28. The van der Waals surface area contributed by atoms with Gasteiger partial charge in [0.25, 0.3) is 0 Å². The standard InChI is InChI=1S/C16H20FN3/c1-11-7-12(8-18)9-20(11)10-13-4-5-15(17)14-3-2-6-19-16(13)14/h2-6,11-12H,7-10,18H2,1H3. The van der Waals surface area contributed by atoms with Crippen LogP contribution in [-0.2, 0) is 6.54 Å². The number of nitrogens with zero attached hydrogens (tertiary/aromatic N) is 2. The van der Waals surface area contributed by atoms with Crippen molar-refractivity contribution in [3.05, 3.63) is 41.8 Å². The fourth-order valence-electron chi connectivity index (χ4n) is 3.15. The first-order valence-corrected chi connectivity index (χ1v) is 7.15. The summed E-state index contributed by atoms with van der Waals surface area (Å²) in [7, 11) is 0. The van der Waals surface area contributed by atoms with Crippen LogP contribution in [0, 0.1) is 11.7 Å². The van der Waals surface area contributed by atoms with Crippen molar-refractivity contribution in [2.24, 2.45) is 11.7 Å².